The molecule has 0 unspecified atom stereocenters. The van der Waals surface area contributed by atoms with Gasteiger partial charge in [0.1, 0.15) is 7.85 Å². The molecule has 96 valence electrons. The number of hydrogen-bond donors (Lipinski definition) is 0. The van der Waals surface area contributed by atoms with E-state index >= 15 is 0 Å². The predicted octanol–water partition coefficient (Wildman–Crippen LogP) is 2.53. The van der Waals surface area contributed by atoms with Gasteiger partial charge in [-0.2, -0.15) is 0 Å². The molecule has 4 heteroatoms. The van der Waals surface area contributed by atoms with Gasteiger partial charge in [-0.05, 0) is 12.1 Å². The van der Waals surface area contributed by atoms with Crippen LogP contribution in [0.25, 0.3) is 0 Å². The average Bonchev–Trinajstić information content (AvgIpc) is 2.49. The van der Waals surface area contributed by atoms with Crippen molar-refractivity contribution in [2.75, 3.05) is 13.1 Å². The summed E-state index contributed by atoms with van der Waals surface area (Å²) in [5.41, 5.74) is 4.79. The molecule has 2 aromatic carbocycles. The highest BCUT2D eigenvalue weighted by molar-refractivity contribution is 9.10. The summed E-state index contributed by atoms with van der Waals surface area (Å²) < 4.78 is 1.06. The second-order valence-electron chi connectivity index (χ2n) is 4.59. The van der Waals surface area contributed by atoms with Crippen molar-refractivity contribution in [2.24, 2.45) is 9.98 Å². The van der Waals surface area contributed by atoms with Crippen LogP contribution in [0.2, 0.25) is 0 Å². The monoisotopic (exact) mass is 322 g/mol. The number of aliphatic imine (C=N–C) groups is 2. The van der Waals surface area contributed by atoms with Crippen molar-refractivity contribution in [2.45, 2.75) is 0 Å². The van der Waals surface area contributed by atoms with E-state index in [-0.39, 0.29) is 0 Å². The van der Waals surface area contributed by atoms with Gasteiger partial charge in [-0.15, -0.1) is 0 Å². The van der Waals surface area contributed by atoms with Crippen LogP contribution in [0.4, 0.5) is 0 Å². The van der Waals surface area contributed by atoms with Gasteiger partial charge in [-0.1, -0.05) is 57.8 Å². The van der Waals surface area contributed by atoms with E-state index < -0.39 is 0 Å². The summed E-state index contributed by atoms with van der Waals surface area (Å²) in [5.74, 6) is 0. The van der Waals surface area contributed by atoms with Gasteiger partial charge in [0.25, 0.3) is 0 Å². The van der Waals surface area contributed by atoms with E-state index in [2.05, 4.69) is 38.0 Å². The highest BCUT2D eigenvalue weighted by atomic mass is 79.9. The van der Waals surface area contributed by atoms with Crippen molar-refractivity contribution in [1.82, 2.24) is 0 Å². The molecule has 0 saturated heterocycles. The molecule has 2 nitrogen and oxygen atoms in total. The van der Waals surface area contributed by atoms with Crippen LogP contribution in [0, 0.1) is 0 Å². The normalized spacial score (nSPS) is 14.7. The lowest BCUT2D eigenvalue weighted by Crippen LogP contribution is -2.23. The molecule has 1 aliphatic rings. The second-order valence-corrected chi connectivity index (χ2v) is 5.51. The first-order chi connectivity index (χ1) is 9.74. The number of nitrogens with zero attached hydrogens (tertiary/aromatic N) is 2. The summed E-state index contributed by atoms with van der Waals surface area (Å²) in [4.78, 5) is 9.29. The first-order valence-electron chi connectivity index (χ1n) is 6.45. The van der Waals surface area contributed by atoms with Gasteiger partial charge in [0.15, 0.2) is 0 Å². The lowest BCUT2D eigenvalue weighted by atomic mass is 9.92. The molecular formula is C16H12BBrN2. The Kier molecular flexibility index (Phi) is 3.83. The Hall–Kier alpha value is -1.68. The number of rotatable bonds is 2. The SMILES string of the molecule is [B]c1ccc(C2=NCCN=C2c2ccc(Br)cc2)cc1. The molecule has 2 aromatic rings. The lowest BCUT2D eigenvalue weighted by Gasteiger charge is -2.15. The molecule has 0 fully saturated rings. The van der Waals surface area contributed by atoms with Gasteiger partial charge in [0, 0.05) is 15.6 Å². The number of benzene rings is 2. The fraction of sp³-hybridized carbons (Fsp3) is 0.125. The minimum absolute atomic E-state index is 0.736. The maximum atomic E-state index is 5.74. The van der Waals surface area contributed by atoms with Crippen molar-refractivity contribution in [3.63, 3.8) is 0 Å². The maximum absolute atomic E-state index is 5.74. The van der Waals surface area contributed by atoms with Crippen LogP contribution in [0.5, 0.6) is 0 Å². The van der Waals surface area contributed by atoms with Crippen LogP contribution in [0.1, 0.15) is 11.1 Å². The number of hydrogen-bond acceptors (Lipinski definition) is 2. The van der Waals surface area contributed by atoms with E-state index in [0.717, 1.165) is 45.6 Å². The third-order valence-corrected chi connectivity index (χ3v) is 3.69. The van der Waals surface area contributed by atoms with Gasteiger partial charge < -0.3 is 0 Å². The Bertz CT molecular complexity index is 611. The summed E-state index contributed by atoms with van der Waals surface area (Å²) >= 11 is 3.45. The van der Waals surface area contributed by atoms with Gasteiger partial charge in [-0.3, -0.25) is 9.98 Å². The Labute approximate surface area is 128 Å². The highest BCUT2D eigenvalue weighted by Gasteiger charge is 2.16. The van der Waals surface area contributed by atoms with Crippen LogP contribution in [0.3, 0.4) is 0 Å². The Morgan fingerprint density at radius 1 is 0.750 bits per heavy atom. The van der Waals surface area contributed by atoms with Crippen LogP contribution < -0.4 is 5.46 Å². The van der Waals surface area contributed by atoms with E-state index in [1.54, 1.807) is 0 Å². The van der Waals surface area contributed by atoms with Crippen LogP contribution >= 0.6 is 15.9 Å². The van der Waals surface area contributed by atoms with E-state index in [9.17, 15) is 0 Å². The minimum Gasteiger partial charge on any atom is -0.281 e. The largest absolute Gasteiger partial charge is 0.281 e. The van der Waals surface area contributed by atoms with Crippen LogP contribution in [0.15, 0.2) is 63.0 Å². The summed E-state index contributed by atoms with van der Waals surface area (Å²) in [6.07, 6.45) is 0. The van der Waals surface area contributed by atoms with Crippen molar-refractivity contribution in [3.05, 3.63) is 64.1 Å². The van der Waals surface area contributed by atoms with Crippen molar-refractivity contribution in [3.8, 4) is 0 Å². The molecule has 2 radical (unpaired) electrons. The first kappa shape index (κ1) is 13.3. The van der Waals surface area contributed by atoms with Gasteiger partial charge in [0.2, 0.25) is 0 Å². The molecular weight excluding hydrogens is 311 g/mol. The van der Waals surface area contributed by atoms with Crippen molar-refractivity contribution >= 4 is 40.7 Å². The molecule has 0 atom stereocenters. The van der Waals surface area contributed by atoms with Crippen molar-refractivity contribution < 1.29 is 0 Å². The fourth-order valence-corrected chi connectivity index (χ4v) is 2.44. The third kappa shape index (κ3) is 2.75. The maximum Gasteiger partial charge on any atom is 0.113 e. The molecule has 0 amide bonds. The molecule has 0 bridgehead atoms. The van der Waals surface area contributed by atoms with Crippen molar-refractivity contribution in [1.29, 1.82) is 0 Å². The van der Waals surface area contributed by atoms with E-state index in [1.165, 1.54) is 0 Å². The zero-order valence-electron chi connectivity index (χ0n) is 10.9. The summed E-state index contributed by atoms with van der Waals surface area (Å²) in [7, 11) is 5.74. The zero-order chi connectivity index (χ0) is 13.9. The molecule has 0 aromatic heterocycles. The topological polar surface area (TPSA) is 24.7 Å². The third-order valence-electron chi connectivity index (χ3n) is 3.17. The Morgan fingerprint density at radius 3 is 1.70 bits per heavy atom. The molecule has 0 N–H and O–H groups in total. The standard InChI is InChI=1S/C16H12BBrN2/c17-13-5-1-11(2-6-13)15-16(20-10-9-19-15)12-3-7-14(18)8-4-12/h1-8H,9-10H2. The second kappa shape index (κ2) is 5.75. The predicted molar refractivity (Wildman–Crippen MR) is 88.8 cm³/mol. The number of halogens is 1. The summed E-state index contributed by atoms with van der Waals surface area (Å²) in [6.45, 7) is 1.48. The molecule has 0 spiro atoms. The zero-order valence-corrected chi connectivity index (χ0v) is 12.5. The van der Waals surface area contributed by atoms with Gasteiger partial charge >= 0.3 is 0 Å². The molecule has 1 heterocycles. The van der Waals surface area contributed by atoms with E-state index in [4.69, 9.17) is 7.85 Å². The lowest BCUT2D eigenvalue weighted by molar-refractivity contribution is 0.964. The quantitative estimate of drug-likeness (QED) is 0.759. The Morgan fingerprint density at radius 2 is 1.20 bits per heavy atom. The van der Waals surface area contributed by atoms with Gasteiger partial charge in [-0.25, -0.2) is 0 Å². The molecule has 1 aliphatic heterocycles. The van der Waals surface area contributed by atoms with Gasteiger partial charge in [0.05, 0.1) is 24.5 Å². The highest BCUT2D eigenvalue weighted by Crippen LogP contribution is 2.16. The molecule has 0 aliphatic carbocycles. The first-order valence-corrected chi connectivity index (χ1v) is 7.24. The molecule has 20 heavy (non-hydrogen) atoms. The Balaban J connectivity index is 2.01. The van der Waals surface area contributed by atoms with E-state index in [0.29, 0.717) is 0 Å². The summed E-state index contributed by atoms with van der Waals surface area (Å²) in [5, 5.41) is 0. The molecule has 0 saturated carbocycles. The molecule has 3 rings (SSSR count). The van der Waals surface area contributed by atoms with Crippen LogP contribution in [-0.2, 0) is 0 Å². The smallest absolute Gasteiger partial charge is 0.113 e. The minimum atomic E-state index is 0.736. The van der Waals surface area contributed by atoms with E-state index in [1.807, 2.05) is 36.4 Å². The summed E-state index contributed by atoms with van der Waals surface area (Å²) in [6, 6.07) is 15.9. The van der Waals surface area contributed by atoms with Crippen LogP contribution in [-0.4, -0.2) is 32.4 Å². The average molecular weight is 323 g/mol. The fourth-order valence-electron chi connectivity index (χ4n) is 2.18.